The lowest BCUT2D eigenvalue weighted by Crippen LogP contribution is -2.50. The first-order valence-corrected chi connectivity index (χ1v) is 10.1. The van der Waals surface area contributed by atoms with Crippen molar-refractivity contribution >= 4 is 17.5 Å². The molecule has 2 aromatic rings. The molecule has 2 aliphatic rings. The number of carbonyl (C=O) groups is 1. The minimum Gasteiger partial charge on any atom is -0.493 e. The maximum atomic E-state index is 12.7. The first kappa shape index (κ1) is 20.1. The number of piperazine rings is 1. The lowest BCUT2D eigenvalue weighted by atomic mass is 10.2. The SMILES string of the molecule is COc1cc(NC(=O)N2CCN(c3ccc(C4CC4)nn3)CC2)cc(OC)c1OC. The number of carbonyl (C=O) groups excluding carboxylic acids is 1. The zero-order valence-electron chi connectivity index (χ0n) is 17.6. The van der Waals surface area contributed by atoms with E-state index in [2.05, 4.69) is 26.5 Å². The maximum absolute atomic E-state index is 12.7. The topological polar surface area (TPSA) is 89.1 Å². The van der Waals surface area contributed by atoms with Crippen LogP contribution in [0.2, 0.25) is 0 Å². The largest absolute Gasteiger partial charge is 0.493 e. The van der Waals surface area contributed by atoms with Gasteiger partial charge in [0.1, 0.15) is 0 Å². The molecule has 2 amide bonds. The van der Waals surface area contributed by atoms with E-state index < -0.39 is 0 Å². The summed E-state index contributed by atoms with van der Waals surface area (Å²) in [6, 6.07) is 7.37. The molecular formula is C21H27N5O4. The van der Waals surface area contributed by atoms with Crippen LogP contribution in [0.25, 0.3) is 0 Å². The van der Waals surface area contributed by atoms with Gasteiger partial charge in [-0.25, -0.2) is 4.79 Å². The summed E-state index contributed by atoms with van der Waals surface area (Å²) in [7, 11) is 4.63. The van der Waals surface area contributed by atoms with Crippen molar-refractivity contribution in [2.24, 2.45) is 0 Å². The van der Waals surface area contributed by atoms with Crippen molar-refractivity contribution in [3.63, 3.8) is 0 Å². The number of nitrogens with one attached hydrogen (secondary N) is 1. The Morgan fingerprint density at radius 1 is 0.967 bits per heavy atom. The minimum atomic E-state index is -0.168. The van der Waals surface area contributed by atoms with Crippen LogP contribution in [-0.4, -0.2) is 68.6 Å². The molecular weight excluding hydrogens is 386 g/mol. The Labute approximate surface area is 175 Å². The van der Waals surface area contributed by atoms with Crippen molar-refractivity contribution in [1.29, 1.82) is 0 Å². The summed E-state index contributed by atoms with van der Waals surface area (Å²) in [5.41, 5.74) is 1.67. The summed E-state index contributed by atoms with van der Waals surface area (Å²) in [6.45, 7) is 2.62. The zero-order chi connectivity index (χ0) is 21.1. The lowest BCUT2D eigenvalue weighted by Gasteiger charge is -2.35. The van der Waals surface area contributed by atoms with Crippen LogP contribution in [0.5, 0.6) is 17.2 Å². The van der Waals surface area contributed by atoms with Gasteiger partial charge in [0, 0.05) is 44.2 Å². The number of hydrogen-bond acceptors (Lipinski definition) is 7. The standard InChI is InChI=1S/C21H27N5O4/c1-28-17-12-15(13-18(29-2)20(17)30-3)22-21(27)26-10-8-25(9-11-26)19-7-6-16(23-24-19)14-4-5-14/h6-7,12-14H,4-5,8-11H2,1-3H3,(H,22,27). The predicted octanol–water partition coefficient (Wildman–Crippen LogP) is 2.73. The molecule has 30 heavy (non-hydrogen) atoms. The number of rotatable bonds is 6. The Kier molecular flexibility index (Phi) is 5.78. The van der Waals surface area contributed by atoms with Crippen LogP contribution in [0.15, 0.2) is 24.3 Å². The highest BCUT2D eigenvalue weighted by molar-refractivity contribution is 5.90. The van der Waals surface area contributed by atoms with Gasteiger partial charge in [0.15, 0.2) is 17.3 Å². The van der Waals surface area contributed by atoms with E-state index >= 15 is 0 Å². The Balaban J connectivity index is 1.36. The fourth-order valence-corrected chi connectivity index (χ4v) is 3.60. The first-order valence-electron chi connectivity index (χ1n) is 10.1. The van der Waals surface area contributed by atoms with Gasteiger partial charge in [-0.05, 0) is 25.0 Å². The second kappa shape index (κ2) is 8.64. The summed E-state index contributed by atoms with van der Waals surface area (Å²) in [5, 5.41) is 11.6. The van der Waals surface area contributed by atoms with Gasteiger partial charge < -0.3 is 29.3 Å². The van der Waals surface area contributed by atoms with Gasteiger partial charge in [0.2, 0.25) is 5.75 Å². The molecule has 2 heterocycles. The fourth-order valence-electron chi connectivity index (χ4n) is 3.60. The monoisotopic (exact) mass is 413 g/mol. The molecule has 1 aliphatic carbocycles. The number of ether oxygens (including phenoxy) is 3. The van der Waals surface area contributed by atoms with Crippen LogP contribution in [0.4, 0.5) is 16.3 Å². The second-order valence-corrected chi connectivity index (χ2v) is 7.41. The van der Waals surface area contributed by atoms with Crippen molar-refractivity contribution in [2.45, 2.75) is 18.8 Å². The normalized spacial score (nSPS) is 16.2. The smallest absolute Gasteiger partial charge is 0.321 e. The molecule has 2 fully saturated rings. The van der Waals surface area contributed by atoms with Crippen LogP contribution in [0, 0.1) is 0 Å². The number of anilines is 2. The Hall–Kier alpha value is -3.23. The number of benzene rings is 1. The van der Waals surface area contributed by atoms with E-state index in [9.17, 15) is 4.79 Å². The van der Waals surface area contributed by atoms with Crippen molar-refractivity contribution in [2.75, 3.05) is 57.7 Å². The van der Waals surface area contributed by atoms with E-state index in [-0.39, 0.29) is 6.03 Å². The van der Waals surface area contributed by atoms with Gasteiger partial charge in [-0.2, -0.15) is 5.10 Å². The lowest BCUT2D eigenvalue weighted by molar-refractivity contribution is 0.208. The zero-order valence-corrected chi connectivity index (χ0v) is 17.6. The van der Waals surface area contributed by atoms with E-state index in [0.29, 0.717) is 55.0 Å². The molecule has 160 valence electrons. The van der Waals surface area contributed by atoms with Gasteiger partial charge in [0.25, 0.3) is 0 Å². The molecule has 1 aromatic carbocycles. The number of hydrogen-bond donors (Lipinski definition) is 1. The molecule has 0 bridgehead atoms. The van der Waals surface area contributed by atoms with Gasteiger partial charge in [-0.1, -0.05) is 0 Å². The Bertz CT molecular complexity index is 868. The highest BCUT2D eigenvalue weighted by Crippen LogP contribution is 2.40. The molecule has 0 atom stereocenters. The number of amides is 2. The van der Waals surface area contributed by atoms with E-state index in [4.69, 9.17) is 14.2 Å². The highest BCUT2D eigenvalue weighted by atomic mass is 16.5. The molecule has 1 saturated heterocycles. The van der Waals surface area contributed by atoms with Gasteiger partial charge in [0.05, 0.1) is 32.7 Å². The number of nitrogens with zero attached hydrogens (tertiary/aromatic N) is 4. The van der Waals surface area contributed by atoms with E-state index in [1.54, 1.807) is 38.4 Å². The van der Waals surface area contributed by atoms with E-state index in [1.165, 1.54) is 12.8 Å². The van der Waals surface area contributed by atoms with Gasteiger partial charge >= 0.3 is 6.03 Å². The molecule has 0 unspecified atom stereocenters. The van der Waals surface area contributed by atoms with Crippen LogP contribution in [-0.2, 0) is 0 Å². The molecule has 0 radical (unpaired) electrons. The molecule has 1 saturated carbocycles. The summed E-state index contributed by atoms with van der Waals surface area (Å²) in [4.78, 5) is 16.7. The number of urea groups is 1. The molecule has 1 aromatic heterocycles. The summed E-state index contributed by atoms with van der Waals surface area (Å²) < 4.78 is 16.0. The molecule has 0 spiro atoms. The van der Waals surface area contributed by atoms with Crippen LogP contribution >= 0.6 is 0 Å². The first-order chi connectivity index (χ1) is 14.6. The average Bonchev–Trinajstić information content (AvgIpc) is 3.64. The number of methoxy groups -OCH3 is 3. The van der Waals surface area contributed by atoms with Crippen LogP contribution < -0.4 is 24.4 Å². The maximum Gasteiger partial charge on any atom is 0.321 e. The third-order valence-electron chi connectivity index (χ3n) is 5.47. The second-order valence-electron chi connectivity index (χ2n) is 7.41. The summed E-state index contributed by atoms with van der Waals surface area (Å²) in [6.07, 6.45) is 2.43. The summed E-state index contributed by atoms with van der Waals surface area (Å²) in [5.74, 6) is 2.93. The molecule has 9 heteroatoms. The Morgan fingerprint density at radius 2 is 1.63 bits per heavy atom. The van der Waals surface area contributed by atoms with Crippen molar-refractivity contribution in [1.82, 2.24) is 15.1 Å². The molecule has 1 aliphatic heterocycles. The summed E-state index contributed by atoms with van der Waals surface area (Å²) >= 11 is 0. The van der Waals surface area contributed by atoms with Gasteiger partial charge in [-0.15, -0.1) is 5.10 Å². The van der Waals surface area contributed by atoms with Crippen molar-refractivity contribution in [3.8, 4) is 17.2 Å². The quantitative estimate of drug-likeness (QED) is 0.779. The van der Waals surface area contributed by atoms with E-state index in [1.807, 2.05) is 6.07 Å². The van der Waals surface area contributed by atoms with E-state index in [0.717, 1.165) is 11.5 Å². The fraction of sp³-hybridized carbons (Fsp3) is 0.476. The van der Waals surface area contributed by atoms with Crippen LogP contribution in [0.1, 0.15) is 24.5 Å². The molecule has 9 nitrogen and oxygen atoms in total. The highest BCUT2D eigenvalue weighted by Gasteiger charge is 2.26. The Morgan fingerprint density at radius 3 is 2.13 bits per heavy atom. The van der Waals surface area contributed by atoms with Crippen LogP contribution in [0.3, 0.4) is 0 Å². The minimum absolute atomic E-state index is 0.168. The van der Waals surface area contributed by atoms with Crippen molar-refractivity contribution in [3.05, 3.63) is 30.0 Å². The van der Waals surface area contributed by atoms with Gasteiger partial charge in [-0.3, -0.25) is 0 Å². The average molecular weight is 413 g/mol. The third kappa shape index (κ3) is 4.19. The number of aromatic nitrogens is 2. The van der Waals surface area contributed by atoms with Crippen molar-refractivity contribution < 1.29 is 19.0 Å². The molecule has 4 rings (SSSR count). The third-order valence-corrected chi connectivity index (χ3v) is 5.47. The molecule has 1 N–H and O–H groups in total. The predicted molar refractivity (Wildman–Crippen MR) is 113 cm³/mol.